The molecule has 0 radical (unpaired) electrons. The molecule has 24 heavy (non-hydrogen) atoms. The van der Waals surface area contributed by atoms with Gasteiger partial charge in [-0.05, 0) is 38.8 Å². The molecular formula is C16H18Cl3N3O2. The first-order valence-corrected chi connectivity index (χ1v) is 8.51. The van der Waals surface area contributed by atoms with Gasteiger partial charge >= 0.3 is 0 Å². The molecule has 130 valence electrons. The summed E-state index contributed by atoms with van der Waals surface area (Å²) in [5.74, 6) is 0.624. The van der Waals surface area contributed by atoms with E-state index in [-0.39, 0.29) is 11.6 Å². The Balaban J connectivity index is 0.000000243. The van der Waals surface area contributed by atoms with Crippen molar-refractivity contribution in [1.82, 2.24) is 9.97 Å². The predicted octanol–water partition coefficient (Wildman–Crippen LogP) is 5.44. The maximum absolute atomic E-state index is 10.6. The highest BCUT2D eigenvalue weighted by Crippen LogP contribution is 2.24. The summed E-state index contributed by atoms with van der Waals surface area (Å²) in [5.41, 5.74) is 4.66. The Morgan fingerprint density at radius 2 is 1.42 bits per heavy atom. The summed E-state index contributed by atoms with van der Waals surface area (Å²) in [5, 5.41) is 11.4. The minimum absolute atomic E-state index is 0.116. The molecule has 2 aromatic heterocycles. The monoisotopic (exact) mass is 389 g/mol. The number of nitrogens with zero attached hydrogens (tertiary/aromatic N) is 3. The van der Waals surface area contributed by atoms with E-state index in [9.17, 15) is 10.1 Å². The number of hydrogen-bond acceptors (Lipinski definition) is 4. The van der Waals surface area contributed by atoms with Crippen LogP contribution < -0.4 is 0 Å². The third-order valence-electron chi connectivity index (χ3n) is 3.53. The predicted molar refractivity (Wildman–Crippen MR) is 98.2 cm³/mol. The fourth-order valence-electron chi connectivity index (χ4n) is 2.07. The van der Waals surface area contributed by atoms with Crippen LogP contribution in [0, 0.1) is 37.8 Å². The van der Waals surface area contributed by atoms with Crippen LogP contribution >= 0.6 is 34.8 Å². The molecule has 0 aliphatic heterocycles. The van der Waals surface area contributed by atoms with Crippen LogP contribution in [-0.4, -0.2) is 14.9 Å². The van der Waals surface area contributed by atoms with Crippen LogP contribution in [0.4, 0.5) is 5.69 Å². The number of rotatable bonds is 3. The second kappa shape index (κ2) is 9.16. The van der Waals surface area contributed by atoms with Gasteiger partial charge in [0.05, 0.1) is 28.1 Å². The van der Waals surface area contributed by atoms with Crippen LogP contribution in [0.15, 0.2) is 12.4 Å². The first kappa shape index (κ1) is 20.6. The Morgan fingerprint density at radius 1 is 0.958 bits per heavy atom. The summed E-state index contributed by atoms with van der Waals surface area (Å²) in [6, 6.07) is 0. The summed E-state index contributed by atoms with van der Waals surface area (Å²) in [4.78, 5) is 18.4. The van der Waals surface area contributed by atoms with Crippen molar-refractivity contribution in [3.05, 3.63) is 61.2 Å². The number of pyridine rings is 2. The van der Waals surface area contributed by atoms with E-state index in [2.05, 4.69) is 9.97 Å². The molecule has 0 amide bonds. The van der Waals surface area contributed by atoms with Gasteiger partial charge in [-0.15, -0.1) is 23.2 Å². The van der Waals surface area contributed by atoms with Gasteiger partial charge in [0.1, 0.15) is 0 Å². The Morgan fingerprint density at radius 3 is 1.88 bits per heavy atom. The zero-order valence-electron chi connectivity index (χ0n) is 13.9. The minimum atomic E-state index is -0.400. The summed E-state index contributed by atoms with van der Waals surface area (Å²) in [7, 11) is 0. The molecule has 0 aliphatic rings. The highest BCUT2D eigenvalue weighted by Gasteiger charge is 2.17. The van der Waals surface area contributed by atoms with Crippen molar-refractivity contribution >= 4 is 40.5 Å². The number of aryl methyl sites for hydroxylation is 2. The number of nitro groups is 1. The standard InChI is InChI=1S/C8H9Cl2N.C8H9ClN2O2/c1-5-4-11-7(3-9)6(2)8(5)10;1-5-4-10-7(3-9)6(2)8(5)11(12)13/h4H,3H2,1-2H3;4H,3H2,1-2H3. The van der Waals surface area contributed by atoms with Crippen molar-refractivity contribution in [1.29, 1.82) is 0 Å². The molecule has 8 heteroatoms. The second-order valence-corrected chi connectivity index (χ2v) is 6.13. The molecule has 0 unspecified atom stereocenters. The van der Waals surface area contributed by atoms with Crippen molar-refractivity contribution in [2.24, 2.45) is 0 Å². The number of halogens is 3. The Bertz CT molecular complexity index is 752. The van der Waals surface area contributed by atoms with E-state index in [1.54, 1.807) is 20.0 Å². The normalized spacial score (nSPS) is 10.1. The van der Waals surface area contributed by atoms with Crippen LogP contribution in [0.2, 0.25) is 5.02 Å². The third kappa shape index (κ3) is 4.79. The lowest BCUT2D eigenvalue weighted by Crippen LogP contribution is -2.00. The SMILES string of the molecule is Cc1cnc(CCl)c(C)c1Cl.Cc1cnc(CCl)c(C)c1[N+](=O)[O-]. The fraction of sp³-hybridized carbons (Fsp3) is 0.375. The molecule has 5 nitrogen and oxygen atoms in total. The lowest BCUT2D eigenvalue weighted by Gasteiger charge is -2.04. The molecule has 2 rings (SSSR count). The smallest absolute Gasteiger partial charge is 0.259 e. The van der Waals surface area contributed by atoms with Gasteiger partial charge in [0, 0.05) is 28.5 Å². The van der Waals surface area contributed by atoms with Gasteiger partial charge < -0.3 is 0 Å². The van der Waals surface area contributed by atoms with Gasteiger partial charge in [0.2, 0.25) is 0 Å². The molecular weight excluding hydrogens is 373 g/mol. The molecule has 0 spiro atoms. The van der Waals surface area contributed by atoms with E-state index >= 15 is 0 Å². The number of hydrogen-bond donors (Lipinski definition) is 0. The van der Waals surface area contributed by atoms with E-state index in [0.717, 1.165) is 21.8 Å². The van der Waals surface area contributed by atoms with Gasteiger partial charge in [-0.2, -0.15) is 0 Å². The van der Waals surface area contributed by atoms with Gasteiger partial charge in [0.25, 0.3) is 5.69 Å². The highest BCUT2D eigenvalue weighted by atomic mass is 35.5. The van der Waals surface area contributed by atoms with Gasteiger partial charge in [-0.3, -0.25) is 20.1 Å². The van der Waals surface area contributed by atoms with Crippen molar-refractivity contribution in [3.8, 4) is 0 Å². The average Bonchev–Trinajstić information content (AvgIpc) is 2.53. The minimum Gasteiger partial charge on any atom is -0.259 e. The van der Waals surface area contributed by atoms with Gasteiger partial charge in [-0.25, -0.2) is 0 Å². The van der Waals surface area contributed by atoms with E-state index in [1.165, 1.54) is 6.20 Å². The van der Waals surface area contributed by atoms with Crippen molar-refractivity contribution in [2.45, 2.75) is 39.5 Å². The molecule has 0 bridgehead atoms. The summed E-state index contributed by atoms with van der Waals surface area (Å²) in [6.07, 6.45) is 3.22. The molecule has 0 aliphatic carbocycles. The first-order valence-electron chi connectivity index (χ1n) is 7.06. The zero-order valence-corrected chi connectivity index (χ0v) is 16.1. The molecule has 0 aromatic carbocycles. The van der Waals surface area contributed by atoms with E-state index in [0.29, 0.717) is 22.7 Å². The van der Waals surface area contributed by atoms with Crippen LogP contribution in [0.5, 0.6) is 0 Å². The number of aromatic nitrogens is 2. The van der Waals surface area contributed by atoms with Gasteiger partial charge in [0.15, 0.2) is 0 Å². The third-order valence-corrected chi connectivity index (χ3v) is 4.62. The topological polar surface area (TPSA) is 68.9 Å². The lowest BCUT2D eigenvalue weighted by atomic mass is 10.1. The highest BCUT2D eigenvalue weighted by molar-refractivity contribution is 6.32. The van der Waals surface area contributed by atoms with E-state index in [4.69, 9.17) is 34.8 Å². The molecule has 0 atom stereocenters. The number of alkyl halides is 2. The van der Waals surface area contributed by atoms with Crippen molar-refractivity contribution < 1.29 is 4.92 Å². The Hall–Kier alpha value is -1.43. The molecule has 0 saturated carbocycles. The molecule has 0 N–H and O–H groups in total. The Labute approximate surface area is 156 Å². The Kier molecular flexibility index (Phi) is 7.87. The molecule has 0 saturated heterocycles. The van der Waals surface area contributed by atoms with E-state index < -0.39 is 4.92 Å². The van der Waals surface area contributed by atoms with Gasteiger partial charge in [-0.1, -0.05) is 11.6 Å². The van der Waals surface area contributed by atoms with Crippen molar-refractivity contribution in [3.63, 3.8) is 0 Å². The largest absolute Gasteiger partial charge is 0.278 e. The lowest BCUT2D eigenvalue weighted by molar-refractivity contribution is -0.386. The van der Waals surface area contributed by atoms with Crippen molar-refractivity contribution in [2.75, 3.05) is 0 Å². The summed E-state index contributed by atoms with van der Waals surface area (Å²) >= 11 is 17.2. The summed E-state index contributed by atoms with van der Waals surface area (Å²) in [6.45, 7) is 7.19. The quantitative estimate of drug-likeness (QED) is 0.398. The average molecular weight is 391 g/mol. The van der Waals surface area contributed by atoms with Crippen LogP contribution in [-0.2, 0) is 11.8 Å². The molecule has 0 fully saturated rings. The summed E-state index contributed by atoms with van der Waals surface area (Å²) < 4.78 is 0. The molecule has 2 aromatic rings. The maximum atomic E-state index is 10.6. The molecule has 2 heterocycles. The maximum Gasteiger partial charge on any atom is 0.278 e. The van der Waals surface area contributed by atoms with E-state index in [1.807, 2.05) is 13.8 Å². The van der Waals surface area contributed by atoms with Crippen LogP contribution in [0.1, 0.15) is 33.6 Å². The van der Waals surface area contributed by atoms with Crippen LogP contribution in [0.3, 0.4) is 0 Å². The zero-order chi connectivity index (χ0) is 18.4. The second-order valence-electron chi connectivity index (χ2n) is 5.21. The first-order chi connectivity index (χ1) is 11.2. The van der Waals surface area contributed by atoms with Crippen LogP contribution in [0.25, 0.3) is 0 Å². The fourth-order valence-corrected chi connectivity index (χ4v) is 2.76.